The third kappa shape index (κ3) is 4.75. The van der Waals surface area contributed by atoms with Gasteiger partial charge in [-0.15, -0.1) is 11.3 Å². The summed E-state index contributed by atoms with van der Waals surface area (Å²) in [6.45, 7) is 1.77. The van der Waals surface area contributed by atoms with E-state index in [-0.39, 0.29) is 5.28 Å². The largest absolute Gasteiger partial charge is 0.312 e. The fourth-order valence-corrected chi connectivity index (χ4v) is 3.40. The molecule has 1 aromatic carbocycles. The number of rotatable bonds is 6. The first kappa shape index (κ1) is 16.4. The number of aromatic nitrogens is 2. The van der Waals surface area contributed by atoms with E-state index in [1.54, 1.807) is 17.5 Å². The Kier molecular flexibility index (Phi) is 5.62. The van der Waals surface area contributed by atoms with Gasteiger partial charge in [0.1, 0.15) is 0 Å². The molecule has 2 aromatic heterocycles. The van der Waals surface area contributed by atoms with Crippen LogP contribution in [0, 0.1) is 0 Å². The van der Waals surface area contributed by atoms with E-state index < -0.39 is 0 Å². The van der Waals surface area contributed by atoms with Crippen LogP contribution in [0.15, 0.2) is 48.7 Å². The number of halogens is 2. The topological polar surface area (TPSA) is 37.8 Å². The molecule has 0 fully saturated rings. The highest BCUT2D eigenvalue weighted by Gasteiger charge is 2.05. The summed E-state index contributed by atoms with van der Waals surface area (Å²) in [6.07, 6.45) is 2.66. The molecule has 6 heteroatoms. The van der Waals surface area contributed by atoms with Crippen molar-refractivity contribution in [3.63, 3.8) is 0 Å². The Morgan fingerprint density at radius 2 is 1.83 bits per heavy atom. The summed E-state index contributed by atoms with van der Waals surface area (Å²) in [5, 5.41) is 4.51. The van der Waals surface area contributed by atoms with Crippen LogP contribution in [0.2, 0.25) is 10.3 Å². The smallest absolute Gasteiger partial charge is 0.222 e. The molecule has 0 saturated carbocycles. The molecule has 0 spiro atoms. The zero-order chi connectivity index (χ0) is 16.1. The fraction of sp³-hybridized carbons (Fsp3) is 0.176. The van der Waals surface area contributed by atoms with Gasteiger partial charge in [0.15, 0.2) is 0 Å². The zero-order valence-electron chi connectivity index (χ0n) is 12.3. The van der Waals surface area contributed by atoms with Crippen LogP contribution in [-0.2, 0) is 13.0 Å². The summed E-state index contributed by atoms with van der Waals surface area (Å²) in [5.74, 6) is 0. The molecular formula is C17H15Cl2N3S. The molecule has 0 bridgehead atoms. The van der Waals surface area contributed by atoms with E-state index in [2.05, 4.69) is 39.6 Å². The first-order chi connectivity index (χ1) is 11.2. The predicted molar refractivity (Wildman–Crippen MR) is 97.2 cm³/mol. The Morgan fingerprint density at radius 1 is 1.00 bits per heavy atom. The minimum atomic E-state index is 0.276. The van der Waals surface area contributed by atoms with Gasteiger partial charge in [0, 0.05) is 22.6 Å². The normalized spacial score (nSPS) is 10.9. The van der Waals surface area contributed by atoms with Crippen molar-refractivity contribution < 1.29 is 0 Å². The molecule has 0 atom stereocenters. The standard InChI is InChI=1S/C17H15Cl2N3S/c18-13-3-1-12(2-4-13)7-9-20-11-14-5-6-16(23-14)15-8-10-21-17(19)22-15/h1-6,8,10,20H,7,9,11H2. The van der Waals surface area contributed by atoms with E-state index in [4.69, 9.17) is 23.2 Å². The average Bonchev–Trinajstić information content (AvgIpc) is 3.02. The molecule has 3 nitrogen and oxygen atoms in total. The molecule has 0 aliphatic rings. The quantitative estimate of drug-likeness (QED) is 0.502. The summed E-state index contributed by atoms with van der Waals surface area (Å²) in [4.78, 5) is 10.5. The molecule has 0 aliphatic heterocycles. The number of nitrogens with one attached hydrogen (secondary N) is 1. The molecule has 2 heterocycles. The highest BCUT2D eigenvalue weighted by Crippen LogP contribution is 2.26. The van der Waals surface area contributed by atoms with Crippen LogP contribution < -0.4 is 5.32 Å². The summed E-state index contributed by atoms with van der Waals surface area (Å²) < 4.78 is 0. The lowest BCUT2D eigenvalue weighted by Crippen LogP contribution is -2.15. The Bertz CT molecular complexity index is 772. The Labute approximate surface area is 149 Å². The van der Waals surface area contributed by atoms with Crippen LogP contribution in [0.25, 0.3) is 10.6 Å². The maximum Gasteiger partial charge on any atom is 0.222 e. The molecule has 0 aliphatic carbocycles. The summed E-state index contributed by atoms with van der Waals surface area (Å²) in [7, 11) is 0. The third-order valence-electron chi connectivity index (χ3n) is 3.34. The van der Waals surface area contributed by atoms with Gasteiger partial charge in [0.25, 0.3) is 0 Å². The molecule has 0 radical (unpaired) electrons. The number of hydrogen-bond acceptors (Lipinski definition) is 4. The van der Waals surface area contributed by atoms with Gasteiger partial charge >= 0.3 is 0 Å². The van der Waals surface area contributed by atoms with E-state index >= 15 is 0 Å². The first-order valence-electron chi connectivity index (χ1n) is 7.23. The lowest BCUT2D eigenvalue weighted by Gasteiger charge is -2.03. The van der Waals surface area contributed by atoms with Crippen LogP contribution in [-0.4, -0.2) is 16.5 Å². The molecule has 0 saturated heterocycles. The van der Waals surface area contributed by atoms with Gasteiger partial charge in [-0.3, -0.25) is 0 Å². The summed E-state index contributed by atoms with van der Waals surface area (Å²) in [5.41, 5.74) is 2.15. The molecule has 0 amide bonds. The Balaban J connectivity index is 1.50. The average molecular weight is 364 g/mol. The maximum atomic E-state index is 5.88. The molecule has 118 valence electrons. The maximum absolute atomic E-state index is 5.88. The van der Waals surface area contributed by atoms with Crippen LogP contribution in [0.1, 0.15) is 10.4 Å². The second kappa shape index (κ2) is 7.88. The van der Waals surface area contributed by atoms with Crippen molar-refractivity contribution in [1.82, 2.24) is 15.3 Å². The molecule has 3 rings (SSSR count). The minimum absolute atomic E-state index is 0.276. The lowest BCUT2D eigenvalue weighted by atomic mass is 10.1. The van der Waals surface area contributed by atoms with Gasteiger partial charge in [-0.05, 0) is 60.5 Å². The number of nitrogens with zero attached hydrogens (tertiary/aromatic N) is 2. The van der Waals surface area contributed by atoms with E-state index in [9.17, 15) is 0 Å². The summed E-state index contributed by atoms with van der Waals surface area (Å²) >= 11 is 13.4. The van der Waals surface area contributed by atoms with Crippen LogP contribution >= 0.6 is 34.5 Å². The number of benzene rings is 1. The van der Waals surface area contributed by atoms with Gasteiger partial charge < -0.3 is 5.32 Å². The van der Waals surface area contributed by atoms with Gasteiger partial charge in [-0.1, -0.05) is 23.7 Å². The van der Waals surface area contributed by atoms with Crippen molar-refractivity contribution in [2.75, 3.05) is 6.54 Å². The fourth-order valence-electron chi connectivity index (χ4n) is 2.18. The zero-order valence-corrected chi connectivity index (χ0v) is 14.6. The predicted octanol–water partition coefficient (Wildman–Crippen LogP) is 4.84. The van der Waals surface area contributed by atoms with Gasteiger partial charge in [-0.25, -0.2) is 9.97 Å². The SMILES string of the molecule is Clc1ccc(CCNCc2ccc(-c3ccnc(Cl)n3)s2)cc1. The monoisotopic (exact) mass is 363 g/mol. The molecule has 23 heavy (non-hydrogen) atoms. The van der Waals surface area contributed by atoms with E-state index in [1.807, 2.05) is 18.2 Å². The van der Waals surface area contributed by atoms with Crippen molar-refractivity contribution in [1.29, 1.82) is 0 Å². The Morgan fingerprint density at radius 3 is 2.61 bits per heavy atom. The van der Waals surface area contributed by atoms with Crippen molar-refractivity contribution in [3.8, 4) is 10.6 Å². The van der Waals surface area contributed by atoms with E-state index in [0.717, 1.165) is 35.1 Å². The van der Waals surface area contributed by atoms with Crippen LogP contribution in [0.3, 0.4) is 0 Å². The van der Waals surface area contributed by atoms with E-state index in [1.165, 1.54) is 10.4 Å². The highest BCUT2D eigenvalue weighted by atomic mass is 35.5. The lowest BCUT2D eigenvalue weighted by molar-refractivity contribution is 0.693. The van der Waals surface area contributed by atoms with Crippen molar-refractivity contribution >= 4 is 34.5 Å². The van der Waals surface area contributed by atoms with Crippen LogP contribution in [0.4, 0.5) is 0 Å². The van der Waals surface area contributed by atoms with Gasteiger partial charge in [0.2, 0.25) is 5.28 Å². The highest BCUT2D eigenvalue weighted by molar-refractivity contribution is 7.15. The van der Waals surface area contributed by atoms with Crippen molar-refractivity contribution in [2.45, 2.75) is 13.0 Å². The second-order valence-electron chi connectivity index (χ2n) is 5.03. The van der Waals surface area contributed by atoms with Crippen molar-refractivity contribution in [3.05, 3.63) is 69.4 Å². The van der Waals surface area contributed by atoms with Crippen molar-refractivity contribution in [2.24, 2.45) is 0 Å². The molecule has 3 aromatic rings. The summed E-state index contributed by atoms with van der Waals surface area (Å²) in [6, 6.07) is 14.0. The molecule has 1 N–H and O–H groups in total. The molecule has 0 unspecified atom stereocenters. The minimum Gasteiger partial charge on any atom is -0.312 e. The first-order valence-corrected chi connectivity index (χ1v) is 8.81. The van der Waals surface area contributed by atoms with Gasteiger partial charge in [0.05, 0.1) is 10.6 Å². The third-order valence-corrected chi connectivity index (χ3v) is 4.89. The second-order valence-corrected chi connectivity index (χ2v) is 6.97. The number of thiophene rings is 1. The van der Waals surface area contributed by atoms with Gasteiger partial charge in [-0.2, -0.15) is 0 Å². The van der Waals surface area contributed by atoms with Crippen LogP contribution in [0.5, 0.6) is 0 Å². The molecular weight excluding hydrogens is 349 g/mol. The number of hydrogen-bond donors (Lipinski definition) is 1. The Hall–Kier alpha value is -1.46. The van der Waals surface area contributed by atoms with E-state index in [0.29, 0.717) is 0 Å².